The summed E-state index contributed by atoms with van der Waals surface area (Å²) >= 11 is 6.14. The van der Waals surface area contributed by atoms with Crippen LogP contribution in [0.1, 0.15) is 16.1 Å². The molecule has 4 heteroatoms. The number of benzene rings is 2. The molecule has 0 saturated carbocycles. The number of rotatable bonds is 4. The van der Waals surface area contributed by atoms with E-state index in [2.05, 4.69) is 0 Å². The number of phenolic OH excluding ortho intramolecular Hbond substituents is 1. The fourth-order valence-corrected chi connectivity index (χ4v) is 2.36. The van der Waals surface area contributed by atoms with Gasteiger partial charge in [0.2, 0.25) is 0 Å². The maximum absolute atomic E-state index is 12.0. The summed E-state index contributed by atoms with van der Waals surface area (Å²) in [5.74, 6) is 1.17. The zero-order valence-corrected chi connectivity index (χ0v) is 12.8. The lowest BCUT2D eigenvalue weighted by atomic mass is 10.1. The molecule has 0 aliphatic carbocycles. The quantitative estimate of drug-likeness (QED) is 0.530. The van der Waals surface area contributed by atoms with Crippen molar-refractivity contribution in [3.05, 3.63) is 83.1 Å². The van der Waals surface area contributed by atoms with Crippen LogP contribution in [0.4, 0.5) is 0 Å². The Morgan fingerprint density at radius 1 is 1.00 bits per heavy atom. The first-order chi connectivity index (χ1) is 11.1. The molecular weight excluding hydrogens is 312 g/mol. The Labute approximate surface area is 138 Å². The molecule has 0 radical (unpaired) electrons. The van der Waals surface area contributed by atoms with Gasteiger partial charge in [0, 0.05) is 11.1 Å². The van der Waals surface area contributed by atoms with Gasteiger partial charge >= 0.3 is 0 Å². The predicted octanol–water partition coefficient (Wildman–Crippen LogP) is 5.20. The van der Waals surface area contributed by atoms with Crippen molar-refractivity contribution >= 4 is 23.5 Å². The van der Waals surface area contributed by atoms with Gasteiger partial charge in [-0.05, 0) is 60.7 Å². The highest BCUT2D eigenvalue weighted by Gasteiger charge is 2.07. The summed E-state index contributed by atoms with van der Waals surface area (Å²) < 4.78 is 5.69. The topological polar surface area (TPSA) is 50.4 Å². The van der Waals surface area contributed by atoms with E-state index < -0.39 is 0 Å². The van der Waals surface area contributed by atoms with Crippen LogP contribution in [0.2, 0.25) is 5.02 Å². The smallest absolute Gasteiger partial charge is 0.185 e. The van der Waals surface area contributed by atoms with Gasteiger partial charge in [0.05, 0.1) is 5.02 Å². The van der Waals surface area contributed by atoms with E-state index in [-0.39, 0.29) is 11.5 Å². The summed E-state index contributed by atoms with van der Waals surface area (Å²) in [7, 11) is 0. The number of allylic oxidation sites excluding steroid dienone is 1. The van der Waals surface area contributed by atoms with Crippen LogP contribution in [0.15, 0.2) is 71.2 Å². The monoisotopic (exact) mass is 324 g/mol. The summed E-state index contributed by atoms with van der Waals surface area (Å²) in [5.41, 5.74) is 1.30. The maximum atomic E-state index is 12.0. The molecule has 0 amide bonds. The third kappa shape index (κ3) is 3.52. The lowest BCUT2D eigenvalue weighted by Gasteiger charge is -1.99. The van der Waals surface area contributed by atoms with Crippen molar-refractivity contribution in [3.8, 4) is 17.1 Å². The van der Waals surface area contributed by atoms with Gasteiger partial charge in [0.15, 0.2) is 5.78 Å². The molecule has 0 bridgehead atoms. The summed E-state index contributed by atoms with van der Waals surface area (Å²) in [5, 5.41) is 9.83. The average molecular weight is 325 g/mol. The van der Waals surface area contributed by atoms with Crippen LogP contribution in [0.25, 0.3) is 17.4 Å². The highest BCUT2D eigenvalue weighted by molar-refractivity contribution is 6.33. The molecule has 1 aromatic heterocycles. The van der Waals surface area contributed by atoms with E-state index in [1.807, 2.05) is 24.3 Å². The molecule has 1 heterocycles. The zero-order valence-electron chi connectivity index (χ0n) is 12.1. The van der Waals surface area contributed by atoms with Crippen molar-refractivity contribution in [2.24, 2.45) is 0 Å². The molecule has 0 spiro atoms. The number of hydrogen-bond donors (Lipinski definition) is 1. The largest absolute Gasteiger partial charge is 0.508 e. The van der Waals surface area contributed by atoms with Crippen LogP contribution in [0, 0.1) is 0 Å². The van der Waals surface area contributed by atoms with Crippen molar-refractivity contribution in [2.75, 3.05) is 0 Å². The molecule has 3 nitrogen and oxygen atoms in total. The average Bonchev–Trinajstić information content (AvgIpc) is 3.02. The highest BCUT2D eigenvalue weighted by atomic mass is 35.5. The van der Waals surface area contributed by atoms with Gasteiger partial charge in [-0.3, -0.25) is 4.79 Å². The number of halogens is 1. The Bertz CT molecular complexity index is 860. The zero-order chi connectivity index (χ0) is 16.2. The molecule has 0 saturated heterocycles. The van der Waals surface area contributed by atoms with E-state index in [4.69, 9.17) is 16.0 Å². The molecule has 0 fully saturated rings. The van der Waals surface area contributed by atoms with Crippen LogP contribution in [-0.2, 0) is 0 Å². The number of hydrogen-bond acceptors (Lipinski definition) is 3. The number of phenols is 1. The molecule has 3 rings (SSSR count). The first kappa shape index (κ1) is 15.1. The summed E-state index contributed by atoms with van der Waals surface area (Å²) in [6, 6.07) is 17.1. The lowest BCUT2D eigenvalue weighted by Crippen LogP contribution is -1.92. The Morgan fingerprint density at radius 2 is 1.74 bits per heavy atom. The van der Waals surface area contributed by atoms with Gasteiger partial charge in [-0.25, -0.2) is 0 Å². The second-order valence-corrected chi connectivity index (χ2v) is 5.33. The minimum atomic E-state index is -0.166. The molecule has 3 aromatic rings. The van der Waals surface area contributed by atoms with Crippen molar-refractivity contribution in [1.82, 2.24) is 0 Å². The van der Waals surface area contributed by atoms with Crippen LogP contribution in [-0.4, -0.2) is 10.9 Å². The fourth-order valence-electron chi connectivity index (χ4n) is 2.13. The fraction of sp³-hybridized carbons (Fsp3) is 0. The van der Waals surface area contributed by atoms with Gasteiger partial charge in [-0.15, -0.1) is 0 Å². The van der Waals surface area contributed by atoms with Gasteiger partial charge < -0.3 is 9.52 Å². The van der Waals surface area contributed by atoms with Crippen molar-refractivity contribution in [1.29, 1.82) is 0 Å². The molecule has 1 N–H and O–H groups in total. The molecule has 23 heavy (non-hydrogen) atoms. The molecule has 0 aliphatic rings. The van der Waals surface area contributed by atoms with Crippen molar-refractivity contribution < 1.29 is 14.3 Å². The summed E-state index contributed by atoms with van der Waals surface area (Å²) in [6.45, 7) is 0. The Hall–Kier alpha value is -2.78. The van der Waals surface area contributed by atoms with Crippen molar-refractivity contribution in [3.63, 3.8) is 0 Å². The van der Waals surface area contributed by atoms with E-state index in [1.165, 1.54) is 18.2 Å². The van der Waals surface area contributed by atoms with Crippen LogP contribution in [0.3, 0.4) is 0 Å². The molecule has 0 atom stereocenters. The van der Waals surface area contributed by atoms with E-state index in [1.54, 1.807) is 30.3 Å². The van der Waals surface area contributed by atoms with E-state index in [0.717, 1.165) is 5.56 Å². The van der Waals surface area contributed by atoms with Gasteiger partial charge in [-0.1, -0.05) is 23.7 Å². The van der Waals surface area contributed by atoms with Gasteiger partial charge in [0.1, 0.15) is 17.3 Å². The minimum absolute atomic E-state index is 0.126. The first-order valence-electron chi connectivity index (χ1n) is 7.00. The summed E-state index contributed by atoms with van der Waals surface area (Å²) in [6.07, 6.45) is 3.04. The Kier molecular flexibility index (Phi) is 4.31. The van der Waals surface area contributed by atoms with Crippen LogP contribution in [0.5, 0.6) is 5.75 Å². The van der Waals surface area contributed by atoms with E-state index in [0.29, 0.717) is 22.1 Å². The standard InChI is InChI=1S/C19H13ClO3/c20-17-4-2-1-3-16(17)19-12-10-15(23-19)9-11-18(22)13-5-7-14(21)8-6-13/h1-12,21H/b11-9+. The van der Waals surface area contributed by atoms with Crippen molar-refractivity contribution in [2.45, 2.75) is 0 Å². The molecule has 0 unspecified atom stereocenters. The third-order valence-corrected chi connectivity index (χ3v) is 3.65. The van der Waals surface area contributed by atoms with E-state index in [9.17, 15) is 9.90 Å². The number of carbonyl (C=O) groups is 1. The number of aromatic hydroxyl groups is 1. The van der Waals surface area contributed by atoms with Crippen LogP contribution < -0.4 is 0 Å². The molecule has 0 aliphatic heterocycles. The SMILES string of the molecule is O=C(/C=C/c1ccc(-c2ccccc2Cl)o1)c1ccc(O)cc1. The second-order valence-electron chi connectivity index (χ2n) is 4.93. The van der Waals surface area contributed by atoms with Crippen LogP contribution >= 0.6 is 11.6 Å². The molecular formula is C19H13ClO3. The highest BCUT2D eigenvalue weighted by Crippen LogP contribution is 2.29. The van der Waals surface area contributed by atoms with Gasteiger partial charge in [-0.2, -0.15) is 0 Å². The molecule has 2 aromatic carbocycles. The van der Waals surface area contributed by atoms with Gasteiger partial charge in [0.25, 0.3) is 0 Å². The summed E-state index contributed by atoms with van der Waals surface area (Å²) in [4.78, 5) is 12.0. The Balaban J connectivity index is 1.77. The minimum Gasteiger partial charge on any atom is -0.508 e. The Morgan fingerprint density at radius 3 is 2.48 bits per heavy atom. The number of ketones is 1. The normalized spacial score (nSPS) is 11.0. The first-order valence-corrected chi connectivity index (χ1v) is 7.37. The third-order valence-electron chi connectivity index (χ3n) is 3.32. The second kappa shape index (κ2) is 6.55. The van der Waals surface area contributed by atoms with E-state index >= 15 is 0 Å². The number of carbonyl (C=O) groups excluding carboxylic acids is 1. The molecule has 114 valence electrons. The predicted molar refractivity (Wildman–Crippen MR) is 90.6 cm³/mol. The maximum Gasteiger partial charge on any atom is 0.185 e. The lowest BCUT2D eigenvalue weighted by molar-refractivity contribution is 0.104. The number of furan rings is 1.